The molecule has 26 heavy (non-hydrogen) atoms. The number of ether oxygens (including phenoxy) is 2. The second kappa shape index (κ2) is 8.16. The fraction of sp³-hybridized carbons (Fsp3) is 0.263. The summed E-state index contributed by atoms with van der Waals surface area (Å²) in [5.41, 5.74) is 2.05. The molecule has 1 aromatic heterocycles. The van der Waals surface area contributed by atoms with Crippen LogP contribution in [0.5, 0.6) is 11.5 Å². The van der Waals surface area contributed by atoms with Crippen LogP contribution < -0.4 is 9.47 Å². The third kappa shape index (κ3) is 3.95. The summed E-state index contributed by atoms with van der Waals surface area (Å²) in [6, 6.07) is 15.8. The summed E-state index contributed by atoms with van der Waals surface area (Å²) < 4.78 is 13.2. The van der Waals surface area contributed by atoms with Crippen molar-refractivity contribution in [3.05, 3.63) is 58.9 Å². The van der Waals surface area contributed by atoms with Gasteiger partial charge in [0.25, 0.3) is 0 Å². The van der Waals surface area contributed by atoms with Gasteiger partial charge in [0.2, 0.25) is 4.77 Å². The maximum Gasteiger partial charge on any atom is 0.217 e. The van der Waals surface area contributed by atoms with E-state index < -0.39 is 0 Å². The van der Waals surface area contributed by atoms with Crippen molar-refractivity contribution in [2.24, 2.45) is 0 Å². The number of methoxy groups -OCH3 is 2. The van der Waals surface area contributed by atoms with Gasteiger partial charge in [-0.1, -0.05) is 42.5 Å². The maximum absolute atomic E-state index is 5.50. The molecule has 3 rings (SSSR count). The number of benzene rings is 2. The van der Waals surface area contributed by atoms with Gasteiger partial charge >= 0.3 is 0 Å². The Hall–Kier alpha value is -2.64. The molecule has 1 N–H and O–H groups in total. The van der Waals surface area contributed by atoms with Gasteiger partial charge in [0.1, 0.15) is 0 Å². The minimum atomic E-state index is 0.522. The van der Waals surface area contributed by atoms with E-state index in [1.54, 1.807) is 14.2 Å². The highest BCUT2D eigenvalue weighted by atomic mass is 32.1. The van der Waals surface area contributed by atoms with Crippen molar-refractivity contribution in [1.82, 2.24) is 19.7 Å². The second-order valence-electron chi connectivity index (χ2n) is 5.96. The lowest BCUT2D eigenvalue weighted by atomic mass is 10.2. The minimum absolute atomic E-state index is 0.522. The second-order valence-corrected chi connectivity index (χ2v) is 6.32. The fourth-order valence-corrected chi connectivity index (χ4v) is 3.03. The number of aromatic nitrogens is 3. The first-order chi connectivity index (χ1) is 12.6. The van der Waals surface area contributed by atoms with Crippen molar-refractivity contribution in [1.29, 1.82) is 0 Å². The molecular weight excluding hydrogens is 348 g/mol. The normalized spacial score (nSPS) is 10.9. The Morgan fingerprint density at radius 3 is 2.54 bits per heavy atom. The fourth-order valence-electron chi connectivity index (χ4n) is 2.84. The van der Waals surface area contributed by atoms with Crippen LogP contribution in [0.4, 0.5) is 0 Å². The Morgan fingerprint density at radius 1 is 1.08 bits per heavy atom. The lowest BCUT2D eigenvalue weighted by Gasteiger charge is -2.19. The molecule has 3 aromatic rings. The van der Waals surface area contributed by atoms with E-state index in [0.717, 1.165) is 28.5 Å². The molecule has 0 aliphatic heterocycles. The standard InChI is InChI=1S/C19H22N4O2S/c1-22(12-15-10-7-11-16(24-2)17(15)25-3)13-23-19(26)20-18(21-23)14-8-5-4-6-9-14/h4-11H,12-13H2,1-3H3,(H,20,21,26). The summed E-state index contributed by atoms with van der Waals surface area (Å²) in [6.07, 6.45) is 0. The molecule has 1 heterocycles. The first kappa shape index (κ1) is 18.2. The largest absolute Gasteiger partial charge is 0.493 e. The Balaban J connectivity index is 1.76. The number of H-pyrrole nitrogens is 1. The Kier molecular flexibility index (Phi) is 5.70. The highest BCUT2D eigenvalue weighted by Gasteiger charge is 2.12. The lowest BCUT2D eigenvalue weighted by Crippen LogP contribution is -2.22. The molecule has 7 heteroatoms. The first-order valence-electron chi connectivity index (χ1n) is 8.23. The van der Waals surface area contributed by atoms with Gasteiger partial charge in [-0.25, -0.2) is 4.68 Å². The average molecular weight is 370 g/mol. The Bertz CT molecular complexity index is 921. The van der Waals surface area contributed by atoms with E-state index in [-0.39, 0.29) is 0 Å². The molecule has 136 valence electrons. The summed E-state index contributed by atoms with van der Waals surface area (Å²) in [7, 11) is 5.31. The molecule has 2 aromatic carbocycles. The van der Waals surface area contributed by atoms with Gasteiger partial charge in [-0.05, 0) is 25.3 Å². The summed E-state index contributed by atoms with van der Waals surface area (Å²) in [6.45, 7) is 1.26. The van der Waals surface area contributed by atoms with Crippen molar-refractivity contribution in [2.45, 2.75) is 13.2 Å². The highest BCUT2D eigenvalue weighted by Crippen LogP contribution is 2.31. The molecule has 0 bridgehead atoms. The Labute approximate surface area is 158 Å². The predicted molar refractivity (Wildman–Crippen MR) is 104 cm³/mol. The molecule has 0 radical (unpaired) electrons. The van der Waals surface area contributed by atoms with E-state index >= 15 is 0 Å². The van der Waals surface area contributed by atoms with Crippen LogP contribution in [0.2, 0.25) is 0 Å². The van der Waals surface area contributed by atoms with Gasteiger partial charge in [-0.2, -0.15) is 4.98 Å². The minimum Gasteiger partial charge on any atom is -0.493 e. The maximum atomic E-state index is 5.50. The number of nitrogens with zero attached hydrogens (tertiary/aromatic N) is 3. The van der Waals surface area contributed by atoms with Crippen LogP contribution in [-0.4, -0.2) is 40.9 Å². The number of rotatable bonds is 7. The van der Waals surface area contributed by atoms with Crippen molar-refractivity contribution in [2.75, 3.05) is 21.3 Å². The molecule has 0 spiro atoms. The van der Waals surface area contributed by atoms with Gasteiger partial charge in [-0.3, -0.25) is 10.00 Å². The lowest BCUT2D eigenvalue weighted by molar-refractivity contribution is 0.240. The summed E-state index contributed by atoms with van der Waals surface area (Å²) >= 11 is 5.39. The molecule has 0 saturated heterocycles. The van der Waals surface area contributed by atoms with E-state index in [2.05, 4.69) is 15.0 Å². The van der Waals surface area contributed by atoms with Crippen LogP contribution in [0.25, 0.3) is 11.4 Å². The van der Waals surface area contributed by atoms with Crippen molar-refractivity contribution < 1.29 is 9.47 Å². The van der Waals surface area contributed by atoms with E-state index in [9.17, 15) is 0 Å². The molecule has 0 saturated carbocycles. The van der Waals surface area contributed by atoms with Crippen molar-refractivity contribution >= 4 is 12.2 Å². The summed E-state index contributed by atoms with van der Waals surface area (Å²) in [5, 5.41) is 3.27. The Morgan fingerprint density at radius 2 is 1.85 bits per heavy atom. The van der Waals surface area contributed by atoms with Crippen LogP contribution in [0.3, 0.4) is 0 Å². The highest BCUT2D eigenvalue weighted by molar-refractivity contribution is 7.71. The molecule has 0 aliphatic rings. The molecule has 0 atom stereocenters. The van der Waals surface area contributed by atoms with Gasteiger partial charge in [0, 0.05) is 17.7 Å². The molecule has 0 aliphatic carbocycles. The van der Waals surface area contributed by atoms with Crippen LogP contribution in [0.1, 0.15) is 5.56 Å². The van der Waals surface area contributed by atoms with Crippen LogP contribution in [0, 0.1) is 4.77 Å². The average Bonchev–Trinajstić information content (AvgIpc) is 3.02. The number of hydrogen-bond acceptors (Lipinski definition) is 5. The van der Waals surface area contributed by atoms with Gasteiger partial charge in [0.05, 0.1) is 20.9 Å². The zero-order valence-electron chi connectivity index (χ0n) is 15.1. The molecule has 6 nitrogen and oxygen atoms in total. The number of nitrogens with one attached hydrogen (secondary N) is 1. The van der Waals surface area contributed by atoms with Crippen molar-refractivity contribution in [3.63, 3.8) is 0 Å². The number of aromatic amines is 1. The smallest absolute Gasteiger partial charge is 0.217 e. The number of hydrogen-bond donors (Lipinski definition) is 1. The summed E-state index contributed by atoms with van der Waals surface area (Å²) in [4.78, 5) is 6.58. The van der Waals surface area contributed by atoms with Gasteiger partial charge < -0.3 is 9.47 Å². The molecule has 0 unspecified atom stereocenters. The monoisotopic (exact) mass is 370 g/mol. The quantitative estimate of drug-likeness (QED) is 0.643. The third-order valence-corrected chi connectivity index (χ3v) is 4.35. The number of para-hydroxylation sites is 1. The van der Waals surface area contributed by atoms with E-state index in [1.807, 2.05) is 60.3 Å². The zero-order valence-corrected chi connectivity index (χ0v) is 15.9. The van der Waals surface area contributed by atoms with Crippen LogP contribution in [0.15, 0.2) is 48.5 Å². The SMILES string of the molecule is COc1cccc(CN(C)Cn2[nH]c(-c3ccccc3)nc2=S)c1OC. The summed E-state index contributed by atoms with van der Waals surface area (Å²) in [5.74, 6) is 2.24. The van der Waals surface area contributed by atoms with Gasteiger partial charge in [0.15, 0.2) is 17.3 Å². The van der Waals surface area contributed by atoms with E-state index in [1.165, 1.54) is 0 Å². The molecular formula is C19H22N4O2S. The molecule has 0 amide bonds. The topological polar surface area (TPSA) is 55.3 Å². The third-order valence-electron chi connectivity index (χ3n) is 4.03. The first-order valence-corrected chi connectivity index (χ1v) is 8.64. The predicted octanol–water partition coefficient (Wildman–Crippen LogP) is 3.71. The van der Waals surface area contributed by atoms with Crippen LogP contribution >= 0.6 is 12.2 Å². The van der Waals surface area contributed by atoms with E-state index in [4.69, 9.17) is 21.7 Å². The molecule has 0 fully saturated rings. The van der Waals surface area contributed by atoms with Gasteiger partial charge in [-0.15, -0.1) is 0 Å². The van der Waals surface area contributed by atoms with Crippen LogP contribution in [-0.2, 0) is 13.2 Å². The van der Waals surface area contributed by atoms with Crippen molar-refractivity contribution in [3.8, 4) is 22.9 Å². The zero-order chi connectivity index (χ0) is 18.5. The van der Waals surface area contributed by atoms with E-state index in [0.29, 0.717) is 18.0 Å².